The average molecular weight is 455 g/mol. The Morgan fingerprint density at radius 1 is 0.879 bits per heavy atom. The second kappa shape index (κ2) is 6.99. The minimum atomic E-state index is -0.686. The molecule has 33 heavy (non-hydrogen) atoms. The van der Waals surface area contributed by atoms with Gasteiger partial charge in [-0.1, -0.05) is 46.3 Å². The summed E-state index contributed by atoms with van der Waals surface area (Å²) in [4.78, 5) is 12.8. The molecule has 5 aliphatic carbocycles. The van der Waals surface area contributed by atoms with Crippen molar-refractivity contribution in [3.63, 3.8) is 0 Å². The maximum absolute atomic E-state index is 12.8. The SMILES string of the molecule is CC1=CC[C@]2(C(=O)O)CC[C@]3(C)[C@H](CC[C@@H]4[C@@]5(C)CC[C@@H](O)C(C)(C)[C@H]5CC[C@]43C)C2=C1C. The van der Waals surface area contributed by atoms with Crippen LogP contribution in [0.2, 0.25) is 0 Å². The number of allylic oxidation sites excluding steroid dienone is 3. The van der Waals surface area contributed by atoms with E-state index in [1.54, 1.807) is 0 Å². The van der Waals surface area contributed by atoms with Crippen molar-refractivity contribution in [1.82, 2.24) is 0 Å². The zero-order valence-electron chi connectivity index (χ0n) is 22.1. The Bertz CT molecular complexity index is 942. The third-order valence-electron chi connectivity index (χ3n) is 12.9. The van der Waals surface area contributed by atoms with E-state index in [0.29, 0.717) is 24.2 Å². The summed E-state index contributed by atoms with van der Waals surface area (Å²) in [5, 5.41) is 21.4. The van der Waals surface area contributed by atoms with Gasteiger partial charge in [0.05, 0.1) is 11.5 Å². The fraction of sp³-hybridized carbons (Fsp3) is 0.833. The van der Waals surface area contributed by atoms with Crippen LogP contribution >= 0.6 is 0 Å². The molecule has 2 N–H and O–H groups in total. The molecular formula is C30H46O3. The fourth-order valence-corrected chi connectivity index (χ4v) is 10.6. The molecule has 3 heteroatoms. The summed E-state index contributed by atoms with van der Waals surface area (Å²) in [6.45, 7) is 16.7. The van der Waals surface area contributed by atoms with Crippen molar-refractivity contribution in [2.24, 2.45) is 44.8 Å². The number of aliphatic hydroxyl groups is 1. The van der Waals surface area contributed by atoms with Gasteiger partial charge in [0, 0.05) is 0 Å². The molecule has 0 aromatic rings. The molecule has 0 aromatic carbocycles. The summed E-state index contributed by atoms with van der Waals surface area (Å²) in [6, 6.07) is 0. The molecule has 0 saturated heterocycles. The molecule has 4 fully saturated rings. The highest BCUT2D eigenvalue weighted by atomic mass is 16.4. The topological polar surface area (TPSA) is 57.5 Å². The van der Waals surface area contributed by atoms with Crippen molar-refractivity contribution >= 4 is 5.97 Å². The second-order valence-electron chi connectivity index (χ2n) is 14.0. The Balaban J connectivity index is 1.61. The number of hydrogen-bond acceptors (Lipinski definition) is 2. The van der Waals surface area contributed by atoms with E-state index in [0.717, 1.165) is 32.1 Å². The molecule has 0 unspecified atom stereocenters. The van der Waals surface area contributed by atoms with E-state index >= 15 is 0 Å². The molecule has 0 spiro atoms. The normalized spacial score (nSPS) is 51.0. The van der Waals surface area contributed by atoms with Gasteiger partial charge in [-0.15, -0.1) is 0 Å². The van der Waals surface area contributed by atoms with E-state index in [1.807, 2.05) is 0 Å². The van der Waals surface area contributed by atoms with E-state index < -0.39 is 11.4 Å². The largest absolute Gasteiger partial charge is 0.481 e. The second-order valence-corrected chi connectivity index (χ2v) is 14.0. The van der Waals surface area contributed by atoms with Crippen LogP contribution < -0.4 is 0 Å². The Kier molecular flexibility index (Phi) is 5.01. The molecule has 4 saturated carbocycles. The van der Waals surface area contributed by atoms with Crippen LogP contribution in [0.4, 0.5) is 0 Å². The third kappa shape index (κ3) is 2.69. The lowest BCUT2D eigenvalue weighted by Gasteiger charge is -2.72. The minimum absolute atomic E-state index is 0.0263. The molecule has 0 radical (unpaired) electrons. The predicted molar refractivity (Wildman–Crippen MR) is 133 cm³/mol. The molecule has 8 atom stereocenters. The van der Waals surface area contributed by atoms with E-state index in [9.17, 15) is 15.0 Å². The van der Waals surface area contributed by atoms with Crippen LogP contribution in [0.1, 0.15) is 106 Å². The van der Waals surface area contributed by atoms with Gasteiger partial charge in [-0.3, -0.25) is 4.79 Å². The van der Waals surface area contributed by atoms with Crippen LogP contribution in [0.25, 0.3) is 0 Å². The number of aliphatic hydroxyl groups excluding tert-OH is 1. The quantitative estimate of drug-likeness (QED) is 0.442. The summed E-state index contributed by atoms with van der Waals surface area (Å²) in [6.07, 6.45) is 11.2. The van der Waals surface area contributed by atoms with Crippen LogP contribution in [-0.4, -0.2) is 22.3 Å². The van der Waals surface area contributed by atoms with Gasteiger partial charge in [0.2, 0.25) is 0 Å². The first-order valence-electron chi connectivity index (χ1n) is 13.6. The Morgan fingerprint density at radius 3 is 2.24 bits per heavy atom. The number of fused-ring (bicyclic) bond motifs is 7. The van der Waals surface area contributed by atoms with Gasteiger partial charge in [-0.2, -0.15) is 0 Å². The van der Waals surface area contributed by atoms with Crippen molar-refractivity contribution in [2.75, 3.05) is 0 Å². The van der Waals surface area contributed by atoms with E-state index in [-0.39, 0.29) is 27.8 Å². The molecule has 5 rings (SSSR count). The highest BCUT2D eigenvalue weighted by molar-refractivity contribution is 5.81. The summed E-state index contributed by atoms with van der Waals surface area (Å²) in [7, 11) is 0. The standard InChI is InChI=1S/C30H46O3/c1-18-10-15-30(25(32)33)17-16-28(6)20(24(30)19(18)2)8-9-22-27(5)13-12-23(31)26(3,4)21(27)11-14-29(22,28)7/h10,20-23,31H,8-9,11-17H2,1-7H3,(H,32,33)/t20-,21-,22-,23-,27+,28-,29-,30+/m1/s1. The lowest BCUT2D eigenvalue weighted by molar-refractivity contribution is -0.229. The van der Waals surface area contributed by atoms with Crippen LogP contribution in [0.5, 0.6) is 0 Å². The monoisotopic (exact) mass is 454 g/mol. The van der Waals surface area contributed by atoms with Gasteiger partial charge >= 0.3 is 5.97 Å². The summed E-state index contributed by atoms with van der Waals surface area (Å²) in [5.74, 6) is 0.980. The van der Waals surface area contributed by atoms with Crippen molar-refractivity contribution in [1.29, 1.82) is 0 Å². The maximum atomic E-state index is 12.8. The highest BCUT2D eigenvalue weighted by Crippen LogP contribution is 2.76. The van der Waals surface area contributed by atoms with E-state index in [4.69, 9.17) is 0 Å². The number of carboxylic acids is 1. The maximum Gasteiger partial charge on any atom is 0.314 e. The third-order valence-corrected chi connectivity index (χ3v) is 12.9. The van der Waals surface area contributed by atoms with Gasteiger partial charge in [0.25, 0.3) is 0 Å². The van der Waals surface area contributed by atoms with E-state index in [2.05, 4.69) is 54.5 Å². The van der Waals surface area contributed by atoms with Gasteiger partial charge in [-0.05, 0) is 122 Å². The molecule has 0 aromatic heterocycles. The van der Waals surface area contributed by atoms with Crippen molar-refractivity contribution < 1.29 is 15.0 Å². The zero-order valence-corrected chi connectivity index (χ0v) is 22.1. The van der Waals surface area contributed by atoms with Crippen LogP contribution in [0, 0.1) is 44.8 Å². The number of hydrogen-bond donors (Lipinski definition) is 2. The average Bonchev–Trinajstić information content (AvgIpc) is 2.74. The summed E-state index contributed by atoms with van der Waals surface area (Å²) in [5.41, 5.74) is 3.74. The Hall–Kier alpha value is -1.09. The number of carbonyl (C=O) groups is 1. The van der Waals surface area contributed by atoms with Gasteiger partial charge < -0.3 is 10.2 Å². The Morgan fingerprint density at radius 2 is 1.58 bits per heavy atom. The number of aliphatic carboxylic acids is 1. The van der Waals surface area contributed by atoms with Crippen LogP contribution in [0.15, 0.2) is 22.8 Å². The fourth-order valence-electron chi connectivity index (χ4n) is 10.6. The molecule has 0 aliphatic heterocycles. The van der Waals surface area contributed by atoms with Crippen molar-refractivity contribution in [2.45, 2.75) is 112 Å². The first-order chi connectivity index (χ1) is 15.3. The highest BCUT2D eigenvalue weighted by Gasteiger charge is 2.69. The first kappa shape index (κ1) is 23.6. The lowest BCUT2D eigenvalue weighted by atomic mass is 9.32. The van der Waals surface area contributed by atoms with Gasteiger partial charge in [-0.25, -0.2) is 0 Å². The molecule has 3 nitrogen and oxygen atoms in total. The predicted octanol–water partition coefficient (Wildman–Crippen LogP) is 7.15. The molecular weight excluding hydrogens is 408 g/mol. The van der Waals surface area contributed by atoms with Crippen molar-refractivity contribution in [3.8, 4) is 0 Å². The van der Waals surface area contributed by atoms with Crippen LogP contribution in [0.3, 0.4) is 0 Å². The summed E-state index contributed by atoms with van der Waals surface area (Å²) >= 11 is 0. The van der Waals surface area contributed by atoms with Crippen molar-refractivity contribution in [3.05, 3.63) is 22.8 Å². The van der Waals surface area contributed by atoms with Gasteiger partial charge in [0.1, 0.15) is 0 Å². The van der Waals surface area contributed by atoms with E-state index in [1.165, 1.54) is 36.0 Å². The molecule has 0 bridgehead atoms. The lowest BCUT2D eigenvalue weighted by Crippen LogP contribution is -2.66. The molecule has 5 aliphatic rings. The van der Waals surface area contributed by atoms with Gasteiger partial charge in [0.15, 0.2) is 0 Å². The smallest absolute Gasteiger partial charge is 0.314 e. The number of carboxylic acid groups (broad SMARTS) is 1. The summed E-state index contributed by atoms with van der Waals surface area (Å²) < 4.78 is 0. The molecule has 0 amide bonds. The first-order valence-corrected chi connectivity index (χ1v) is 13.6. The van der Waals surface area contributed by atoms with Crippen LogP contribution in [-0.2, 0) is 4.79 Å². The molecule has 184 valence electrons. The molecule has 0 heterocycles. The number of rotatable bonds is 1. The minimum Gasteiger partial charge on any atom is -0.481 e. The zero-order chi connectivity index (χ0) is 24.2. The Labute approximate surface area is 201 Å².